The molecule has 0 spiro atoms. The van der Waals surface area contributed by atoms with Gasteiger partial charge in [-0.2, -0.15) is 9.49 Å². The van der Waals surface area contributed by atoms with Crippen molar-refractivity contribution in [3.8, 4) is 0 Å². The number of para-hydroxylation sites is 1. The SMILES string of the molecule is O=C(Nc1cnn(C2CCN(C(=O)c3cccc(Cc4cccc(F)c4)c3)CC2)c1)c1cccc(F)c1[N+](=O)[O-]. The fraction of sp³-hybridized carbons (Fsp3) is 0.207. The summed E-state index contributed by atoms with van der Waals surface area (Å²) >= 11 is 0. The highest BCUT2D eigenvalue weighted by atomic mass is 19.1. The highest BCUT2D eigenvalue weighted by Crippen LogP contribution is 2.26. The van der Waals surface area contributed by atoms with Crippen molar-refractivity contribution in [2.75, 3.05) is 18.4 Å². The fourth-order valence-electron chi connectivity index (χ4n) is 4.90. The molecule has 1 aliphatic heterocycles. The van der Waals surface area contributed by atoms with Gasteiger partial charge in [-0.25, -0.2) is 4.39 Å². The van der Waals surface area contributed by atoms with Crippen LogP contribution in [0.5, 0.6) is 0 Å². The number of amides is 2. The first-order valence-corrected chi connectivity index (χ1v) is 12.7. The quantitative estimate of drug-likeness (QED) is 0.247. The molecule has 11 heteroatoms. The van der Waals surface area contributed by atoms with Gasteiger partial charge in [0.2, 0.25) is 5.82 Å². The highest BCUT2D eigenvalue weighted by molar-refractivity contribution is 6.07. The van der Waals surface area contributed by atoms with Crippen molar-refractivity contribution in [3.05, 3.63) is 123 Å². The summed E-state index contributed by atoms with van der Waals surface area (Å²) in [6.07, 6.45) is 4.83. The Balaban J connectivity index is 1.19. The molecule has 3 aromatic carbocycles. The first-order chi connectivity index (χ1) is 19.3. The number of nitro groups is 1. The van der Waals surface area contributed by atoms with Crippen LogP contribution >= 0.6 is 0 Å². The number of aromatic nitrogens is 2. The average molecular weight is 546 g/mol. The number of rotatable bonds is 7. The Morgan fingerprint density at radius 1 is 1.00 bits per heavy atom. The molecule has 0 saturated carbocycles. The zero-order valence-corrected chi connectivity index (χ0v) is 21.3. The van der Waals surface area contributed by atoms with Crippen molar-refractivity contribution < 1.29 is 23.3 Å². The number of hydrogen-bond donors (Lipinski definition) is 1. The average Bonchev–Trinajstić information content (AvgIpc) is 3.41. The lowest BCUT2D eigenvalue weighted by Gasteiger charge is -2.32. The minimum Gasteiger partial charge on any atom is -0.338 e. The highest BCUT2D eigenvalue weighted by Gasteiger charge is 2.27. The lowest BCUT2D eigenvalue weighted by atomic mass is 10.0. The zero-order chi connectivity index (χ0) is 28.2. The van der Waals surface area contributed by atoms with Crippen LogP contribution in [-0.4, -0.2) is 44.5 Å². The minimum absolute atomic E-state index is 0.0162. The number of carbonyl (C=O) groups is 2. The van der Waals surface area contributed by atoms with E-state index in [1.54, 1.807) is 27.9 Å². The van der Waals surface area contributed by atoms with Gasteiger partial charge in [-0.05, 0) is 66.8 Å². The number of benzene rings is 3. The number of carbonyl (C=O) groups excluding carboxylic acids is 2. The van der Waals surface area contributed by atoms with E-state index in [1.807, 2.05) is 24.3 Å². The second kappa shape index (κ2) is 11.4. The number of anilines is 1. The number of nitrogens with one attached hydrogen (secondary N) is 1. The van der Waals surface area contributed by atoms with E-state index in [2.05, 4.69) is 10.4 Å². The van der Waals surface area contributed by atoms with E-state index in [0.717, 1.165) is 17.2 Å². The Kier molecular flexibility index (Phi) is 7.63. The summed E-state index contributed by atoms with van der Waals surface area (Å²) in [5.41, 5.74) is 1.36. The van der Waals surface area contributed by atoms with Crippen LogP contribution in [-0.2, 0) is 6.42 Å². The van der Waals surface area contributed by atoms with Gasteiger partial charge in [-0.1, -0.05) is 30.3 Å². The van der Waals surface area contributed by atoms with Crippen molar-refractivity contribution in [1.82, 2.24) is 14.7 Å². The Morgan fingerprint density at radius 2 is 1.70 bits per heavy atom. The summed E-state index contributed by atoms with van der Waals surface area (Å²) in [6, 6.07) is 17.1. The fourth-order valence-corrected chi connectivity index (χ4v) is 4.90. The van der Waals surface area contributed by atoms with Crippen LogP contribution in [0.15, 0.2) is 79.1 Å². The van der Waals surface area contributed by atoms with Crippen molar-refractivity contribution in [2.24, 2.45) is 0 Å². The van der Waals surface area contributed by atoms with Gasteiger partial charge in [-0.3, -0.25) is 24.4 Å². The molecule has 204 valence electrons. The Hall–Kier alpha value is -4.93. The molecule has 1 saturated heterocycles. The molecule has 0 aliphatic carbocycles. The number of hydrogen-bond acceptors (Lipinski definition) is 5. The van der Waals surface area contributed by atoms with E-state index in [4.69, 9.17) is 0 Å². The molecule has 0 unspecified atom stereocenters. The van der Waals surface area contributed by atoms with Crippen molar-refractivity contribution in [3.63, 3.8) is 0 Å². The molecule has 40 heavy (non-hydrogen) atoms. The molecule has 0 bridgehead atoms. The van der Waals surface area contributed by atoms with Gasteiger partial charge in [0, 0.05) is 24.8 Å². The standard InChI is InChI=1S/C29H25F2N5O4/c30-22-7-2-5-20(16-22)14-19-4-1-6-21(15-19)29(38)34-12-10-24(11-13-34)35-18-23(17-32-35)33-28(37)25-8-3-9-26(31)27(25)36(39)40/h1-9,15-18,24H,10-14H2,(H,33,37). The summed E-state index contributed by atoms with van der Waals surface area (Å²) in [7, 11) is 0. The van der Waals surface area contributed by atoms with Crippen LogP contribution in [0.2, 0.25) is 0 Å². The molecular weight excluding hydrogens is 520 g/mol. The molecule has 4 aromatic rings. The van der Waals surface area contributed by atoms with E-state index in [-0.39, 0.29) is 23.3 Å². The third kappa shape index (κ3) is 5.88. The minimum atomic E-state index is -1.09. The van der Waals surface area contributed by atoms with Gasteiger partial charge in [0.25, 0.3) is 11.8 Å². The number of nitro benzene ring substituents is 1. The van der Waals surface area contributed by atoms with Gasteiger partial charge in [0.15, 0.2) is 0 Å². The van der Waals surface area contributed by atoms with Crippen LogP contribution < -0.4 is 5.32 Å². The molecule has 1 N–H and O–H groups in total. The second-order valence-electron chi connectivity index (χ2n) is 9.59. The second-order valence-corrected chi connectivity index (χ2v) is 9.59. The lowest BCUT2D eigenvalue weighted by molar-refractivity contribution is -0.387. The van der Waals surface area contributed by atoms with Gasteiger partial charge in [0.1, 0.15) is 11.4 Å². The topological polar surface area (TPSA) is 110 Å². The summed E-state index contributed by atoms with van der Waals surface area (Å²) < 4.78 is 29.1. The number of likely N-dealkylation sites (tertiary alicyclic amines) is 1. The van der Waals surface area contributed by atoms with Crippen molar-refractivity contribution >= 4 is 23.2 Å². The van der Waals surface area contributed by atoms with Crippen LogP contribution in [0.3, 0.4) is 0 Å². The molecule has 0 atom stereocenters. The van der Waals surface area contributed by atoms with E-state index >= 15 is 0 Å². The maximum atomic E-state index is 13.9. The maximum absolute atomic E-state index is 13.9. The Morgan fingerprint density at radius 3 is 2.42 bits per heavy atom. The van der Waals surface area contributed by atoms with Crippen molar-refractivity contribution in [2.45, 2.75) is 25.3 Å². The molecule has 0 radical (unpaired) electrons. The smallest absolute Gasteiger partial charge is 0.317 e. The van der Waals surface area contributed by atoms with Gasteiger partial charge >= 0.3 is 5.69 Å². The normalized spacial score (nSPS) is 13.7. The summed E-state index contributed by atoms with van der Waals surface area (Å²) in [6.45, 7) is 1.02. The Labute approximate surface area is 228 Å². The maximum Gasteiger partial charge on any atom is 0.317 e. The summed E-state index contributed by atoms with van der Waals surface area (Å²) in [5, 5.41) is 18.1. The number of piperidine rings is 1. The molecule has 1 fully saturated rings. The van der Waals surface area contributed by atoms with E-state index in [1.165, 1.54) is 30.5 Å². The zero-order valence-electron chi connectivity index (χ0n) is 21.3. The lowest BCUT2D eigenvalue weighted by Crippen LogP contribution is -2.39. The van der Waals surface area contributed by atoms with Gasteiger partial charge in [-0.15, -0.1) is 0 Å². The largest absolute Gasteiger partial charge is 0.338 e. The number of nitrogens with zero attached hydrogens (tertiary/aromatic N) is 4. The van der Waals surface area contributed by atoms with Crippen LogP contribution in [0.1, 0.15) is 50.7 Å². The number of halogens is 2. The first-order valence-electron chi connectivity index (χ1n) is 12.7. The van der Waals surface area contributed by atoms with Gasteiger partial charge < -0.3 is 10.2 Å². The molecule has 9 nitrogen and oxygen atoms in total. The monoisotopic (exact) mass is 545 g/mol. The molecule has 5 rings (SSSR count). The predicted octanol–water partition coefficient (Wildman–Crippen LogP) is 5.39. The van der Waals surface area contributed by atoms with Crippen LogP contribution in [0, 0.1) is 21.7 Å². The summed E-state index contributed by atoms with van der Waals surface area (Å²) in [4.78, 5) is 37.8. The molecular formula is C29H25F2N5O4. The molecule has 2 heterocycles. The van der Waals surface area contributed by atoms with Crippen LogP contribution in [0.25, 0.3) is 0 Å². The molecule has 1 aromatic heterocycles. The molecule has 1 aliphatic rings. The molecule has 2 amide bonds. The van der Waals surface area contributed by atoms with Crippen molar-refractivity contribution in [1.29, 1.82) is 0 Å². The Bertz CT molecular complexity index is 1580. The van der Waals surface area contributed by atoms with Crippen LogP contribution in [0.4, 0.5) is 20.2 Å². The van der Waals surface area contributed by atoms with E-state index in [0.29, 0.717) is 43.6 Å². The summed E-state index contributed by atoms with van der Waals surface area (Å²) in [5.74, 6) is -2.28. The first kappa shape index (κ1) is 26.7. The third-order valence-electron chi connectivity index (χ3n) is 6.87. The third-order valence-corrected chi connectivity index (χ3v) is 6.87. The van der Waals surface area contributed by atoms with E-state index in [9.17, 15) is 28.5 Å². The van der Waals surface area contributed by atoms with Gasteiger partial charge in [0.05, 0.1) is 22.8 Å². The van der Waals surface area contributed by atoms with E-state index < -0.39 is 22.3 Å². The predicted molar refractivity (Wildman–Crippen MR) is 143 cm³/mol.